The number of nitrogens with zero attached hydrogens (tertiary/aromatic N) is 1. The van der Waals surface area contributed by atoms with Crippen molar-refractivity contribution >= 4 is 16.0 Å². The maximum absolute atomic E-state index is 12.3. The van der Waals surface area contributed by atoms with Gasteiger partial charge in [0.2, 0.25) is 10.0 Å². The van der Waals surface area contributed by atoms with Crippen molar-refractivity contribution in [2.24, 2.45) is 11.3 Å². The Morgan fingerprint density at radius 2 is 1.96 bits per heavy atom. The molecule has 0 radical (unpaired) electrons. The van der Waals surface area contributed by atoms with E-state index >= 15 is 0 Å². The van der Waals surface area contributed by atoms with Crippen LogP contribution in [0.15, 0.2) is 23.2 Å². The first-order valence-electron chi connectivity index (χ1n) is 8.06. The number of carbonyl (C=O) groups excluding carboxylic acids is 1. The molecular weight excluding hydrogens is 328 g/mol. The summed E-state index contributed by atoms with van der Waals surface area (Å²) in [5, 5.41) is 0. The van der Waals surface area contributed by atoms with Gasteiger partial charge in [-0.25, -0.2) is 13.1 Å². The van der Waals surface area contributed by atoms with Gasteiger partial charge in [-0.05, 0) is 45.2 Å². The van der Waals surface area contributed by atoms with Gasteiger partial charge >= 0.3 is 5.97 Å². The molecule has 7 heteroatoms. The molecule has 0 aliphatic heterocycles. The number of pyridine rings is 1. The molecule has 6 nitrogen and oxygen atoms in total. The second-order valence-corrected chi connectivity index (χ2v) is 9.49. The fourth-order valence-electron chi connectivity index (χ4n) is 3.06. The first kappa shape index (κ1) is 18.9. The van der Waals surface area contributed by atoms with Crippen molar-refractivity contribution in [3.05, 3.63) is 24.0 Å². The van der Waals surface area contributed by atoms with Gasteiger partial charge in [0.05, 0.1) is 12.5 Å². The smallest absolute Gasteiger partial charge is 0.310 e. The Hall–Kier alpha value is -1.47. The molecule has 1 aromatic rings. The van der Waals surface area contributed by atoms with Crippen molar-refractivity contribution in [2.75, 3.05) is 6.61 Å². The maximum Gasteiger partial charge on any atom is 0.310 e. The molecule has 1 heterocycles. The molecule has 0 bridgehead atoms. The monoisotopic (exact) mass is 354 g/mol. The Morgan fingerprint density at radius 3 is 2.42 bits per heavy atom. The molecular formula is C17H26N2O4S. The molecule has 0 amide bonds. The fraction of sp³-hybridized carbons (Fsp3) is 0.647. The van der Waals surface area contributed by atoms with Gasteiger partial charge in [-0.3, -0.25) is 9.78 Å². The lowest BCUT2D eigenvalue weighted by Crippen LogP contribution is -2.40. The average Bonchev–Trinajstić information content (AvgIpc) is 2.99. The molecule has 0 saturated heterocycles. The van der Waals surface area contributed by atoms with Gasteiger partial charge in [0, 0.05) is 23.3 Å². The van der Waals surface area contributed by atoms with E-state index in [2.05, 4.69) is 9.71 Å². The van der Waals surface area contributed by atoms with Crippen LogP contribution in [0.1, 0.15) is 53.2 Å². The van der Waals surface area contributed by atoms with Gasteiger partial charge in [-0.2, -0.15) is 0 Å². The summed E-state index contributed by atoms with van der Waals surface area (Å²) in [5.41, 5.74) is -0.0818. The van der Waals surface area contributed by atoms with E-state index in [9.17, 15) is 13.2 Å². The predicted molar refractivity (Wildman–Crippen MR) is 91.0 cm³/mol. The first-order chi connectivity index (χ1) is 10.9. The summed E-state index contributed by atoms with van der Waals surface area (Å²) in [6.07, 6.45) is 1.35. The fourth-order valence-corrected chi connectivity index (χ4v) is 4.42. The summed E-state index contributed by atoms with van der Waals surface area (Å²) in [6.45, 7) is 11.5. The minimum absolute atomic E-state index is 0.0520. The molecule has 1 N–H and O–H groups in total. The zero-order valence-corrected chi connectivity index (χ0v) is 15.9. The Labute approximate surface area is 144 Å². The molecule has 2 atom stereocenters. The van der Waals surface area contributed by atoms with E-state index in [1.165, 1.54) is 12.3 Å². The van der Waals surface area contributed by atoms with Gasteiger partial charge in [-0.1, -0.05) is 13.8 Å². The number of ether oxygens (including phenoxy) is 1. The number of aromatic nitrogens is 1. The average molecular weight is 354 g/mol. The van der Waals surface area contributed by atoms with E-state index in [4.69, 9.17) is 4.74 Å². The number of carbonyl (C=O) groups is 1. The van der Waals surface area contributed by atoms with Crippen LogP contribution in [0.2, 0.25) is 0 Å². The predicted octanol–water partition coefficient (Wildman–Crippen LogP) is 2.46. The molecule has 0 unspecified atom stereocenters. The zero-order chi connectivity index (χ0) is 18.3. The summed E-state index contributed by atoms with van der Waals surface area (Å²) in [5.74, 6) is -0.510. The van der Waals surface area contributed by atoms with Crippen molar-refractivity contribution < 1.29 is 17.9 Å². The molecule has 134 valence electrons. The molecule has 0 aromatic carbocycles. The number of hydrogen-bond donors (Lipinski definition) is 1. The zero-order valence-electron chi connectivity index (χ0n) is 15.1. The second kappa shape index (κ2) is 6.11. The van der Waals surface area contributed by atoms with Crippen LogP contribution in [0.3, 0.4) is 0 Å². The number of esters is 1. The minimum Gasteiger partial charge on any atom is -0.466 e. The van der Waals surface area contributed by atoms with E-state index in [1.807, 2.05) is 13.8 Å². The van der Waals surface area contributed by atoms with E-state index in [0.29, 0.717) is 12.3 Å². The summed E-state index contributed by atoms with van der Waals surface area (Å²) in [7, 11) is -3.61. The molecule has 1 aromatic heterocycles. The number of rotatable bonds is 5. The van der Waals surface area contributed by atoms with Crippen molar-refractivity contribution in [3.63, 3.8) is 0 Å². The highest BCUT2D eigenvalue weighted by Gasteiger charge is 2.64. The van der Waals surface area contributed by atoms with Gasteiger partial charge in [0.25, 0.3) is 0 Å². The number of sulfonamides is 1. The quantitative estimate of drug-likeness (QED) is 0.821. The Bertz CT molecular complexity index is 718. The third kappa shape index (κ3) is 3.78. The molecule has 0 spiro atoms. The van der Waals surface area contributed by atoms with Crippen molar-refractivity contribution in [1.29, 1.82) is 0 Å². The molecule has 1 fully saturated rings. The second-order valence-electron chi connectivity index (χ2n) is 7.80. The largest absolute Gasteiger partial charge is 0.466 e. The van der Waals surface area contributed by atoms with Crippen LogP contribution in [0.5, 0.6) is 0 Å². The van der Waals surface area contributed by atoms with E-state index in [-0.39, 0.29) is 28.1 Å². The standard InChI is InChI=1S/C17H26N2O4S/c1-7-23-15(20)14-13(17(14,5)6)12-9-8-11(10-18-12)24(21,22)19-16(2,3)4/h8-10,13-14,19H,7H2,1-6H3/t13-,14+/m0/s1. The summed E-state index contributed by atoms with van der Waals surface area (Å²) in [4.78, 5) is 16.4. The highest BCUT2D eigenvalue weighted by atomic mass is 32.2. The summed E-state index contributed by atoms with van der Waals surface area (Å²) < 4.78 is 32.3. The number of hydrogen-bond acceptors (Lipinski definition) is 5. The lowest BCUT2D eigenvalue weighted by molar-refractivity contribution is -0.145. The topological polar surface area (TPSA) is 85.4 Å². The Morgan fingerprint density at radius 1 is 1.33 bits per heavy atom. The van der Waals surface area contributed by atoms with Gasteiger partial charge in [0.1, 0.15) is 4.90 Å². The minimum atomic E-state index is -3.61. The van der Waals surface area contributed by atoms with E-state index in [1.54, 1.807) is 33.8 Å². The molecule has 24 heavy (non-hydrogen) atoms. The normalized spacial score (nSPS) is 22.9. The maximum atomic E-state index is 12.3. The highest BCUT2D eigenvalue weighted by molar-refractivity contribution is 7.89. The first-order valence-corrected chi connectivity index (χ1v) is 9.55. The highest BCUT2D eigenvalue weighted by Crippen LogP contribution is 2.64. The lowest BCUT2D eigenvalue weighted by atomic mass is 10.1. The molecule has 2 rings (SSSR count). The third-order valence-corrected chi connectivity index (χ3v) is 5.94. The van der Waals surface area contributed by atoms with Crippen molar-refractivity contribution in [2.45, 2.75) is 57.9 Å². The molecule has 1 aliphatic rings. The van der Waals surface area contributed by atoms with Crippen LogP contribution in [0.4, 0.5) is 0 Å². The Kier molecular flexibility index (Phi) is 4.80. The Balaban J connectivity index is 2.20. The van der Waals surface area contributed by atoms with Crippen LogP contribution in [-0.4, -0.2) is 31.5 Å². The third-order valence-electron chi connectivity index (χ3n) is 4.20. The van der Waals surface area contributed by atoms with Crippen molar-refractivity contribution in [3.8, 4) is 0 Å². The summed E-state index contributed by atoms with van der Waals surface area (Å²) in [6, 6.07) is 3.22. The summed E-state index contributed by atoms with van der Waals surface area (Å²) >= 11 is 0. The van der Waals surface area contributed by atoms with Gasteiger partial charge in [-0.15, -0.1) is 0 Å². The lowest BCUT2D eigenvalue weighted by Gasteiger charge is -2.20. The van der Waals surface area contributed by atoms with Crippen LogP contribution >= 0.6 is 0 Å². The van der Waals surface area contributed by atoms with Crippen LogP contribution in [-0.2, 0) is 19.6 Å². The van der Waals surface area contributed by atoms with Crippen LogP contribution < -0.4 is 4.72 Å². The SMILES string of the molecule is CCOC(=O)[C@H]1[C@H](c2ccc(S(=O)(=O)NC(C)(C)C)cn2)C1(C)C. The van der Waals surface area contributed by atoms with Gasteiger partial charge in [0.15, 0.2) is 0 Å². The molecule has 1 saturated carbocycles. The van der Waals surface area contributed by atoms with E-state index < -0.39 is 15.6 Å². The number of nitrogens with one attached hydrogen (secondary N) is 1. The van der Waals surface area contributed by atoms with Gasteiger partial charge < -0.3 is 4.74 Å². The van der Waals surface area contributed by atoms with Crippen LogP contribution in [0.25, 0.3) is 0 Å². The van der Waals surface area contributed by atoms with Crippen molar-refractivity contribution in [1.82, 2.24) is 9.71 Å². The van der Waals surface area contributed by atoms with Crippen LogP contribution in [0, 0.1) is 11.3 Å². The molecule has 1 aliphatic carbocycles. The van der Waals surface area contributed by atoms with E-state index in [0.717, 1.165) is 0 Å².